The Hall–Kier alpha value is 1.02. The van der Waals surface area contributed by atoms with E-state index in [2.05, 4.69) is 5.73 Å². The van der Waals surface area contributed by atoms with Crippen molar-refractivity contribution in [1.29, 1.82) is 0 Å². The molecule has 0 radical (unpaired) electrons. The molecule has 0 aromatic heterocycles. The van der Waals surface area contributed by atoms with Gasteiger partial charge in [-0.25, -0.2) is 0 Å². The maximum absolute atomic E-state index is 9.28. The van der Waals surface area contributed by atoms with Crippen LogP contribution in [0.4, 0.5) is 0 Å². The summed E-state index contributed by atoms with van der Waals surface area (Å²) in [7, 11) is -2.32. The summed E-state index contributed by atoms with van der Waals surface area (Å²) in [5, 5.41) is 0. The molecule has 0 aromatic carbocycles. The van der Waals surface area contributed by atoms with Gasteiger partial charge in [0.1, 0.15) is 0 Å². The Morgan fingerprint density at radius 3 is 2.00 bits per heavy atom. The summed E-state index contributed by atoms with van der Waals surface area (Å²) in [6.07, 6.45) is -0.241. The van der Waals surface area contributed by atoms with Gasteiger partial charge in [0.05, 0.1) is 0 Å². The average Bonchev–Trinajstić information content (AvgIpc) is 1.38. The van der Waals surface area contributed by atoms with Crippen LogP contribution in [0.3, 0.4) is 0 Å². The van der Waals surface area contributed by atoms with Crippen LogP contribution in [0.5, 0.6) is 0 Å². The first kappa shape index (κ1) is 10.1. The molecule has 5 heteroatoms. The predicted octanol–water partition coefficient (Wildman–Crippen LogP) is -3.99. The molecule has 0 aliphatic heterocycles. The van der Waals surface area contributed by atoms with Crippen molar-refractivity contribution in [2.75, 3.05) is 6.29 Å². The Bertz CT molecular complexity index is 48.8. The monoisotopic (exact) mass is 116 g/mol. The summed E-state index contributed by atoms with van der Waals surface area (Å²) in [6.45, 7) is 0. The molecule has 2 N–H and O–H groups in total. The van der Waals surface area contributed by atoms with Crippen molar-refractivity contribution in [3.63, 3.8) is 0 Å². The van der Waals surface area contributed by atoms with E-state index in [1.165, 1.54) is 0 Å². The van der Waals surface area contributed by atoms with E-state index in [4.69, 9.17) is 0 Å². The second-order valence-corrected chi connectivity index (χ2v) is 1.55. The minimum atomic E-state index is -2.32. The topological polar surface area (TPSA) is 66.2 Å². The van der Waals surface area contributed by atoms with Gasteiger partial charge < -0.3 is 4.89 Å². The fraction of sp³-hybridized carbons (Fsp3) is 1.00. The zero-order valence-corrected chi connectivity index (χ0v) is 6.44. The Kier molecular flexibility index (Phi) is 10.1. The van der Waals surface area contributed by atoms with Crippen LogP contribution in [-0.2, 0) is 4.57 Å². The minimum Gasteiger partial charge on any atom is -0.594 e. The molecule has 0 aliphatic rings. The van der Waals surface area contributed by atoms with Crippen LogP contribution in [0, 0.1) is 0 Å². The van der Waals surface area contributed by atoms with Gasteiger partial charge in [-0.2, -0.15) is 0 Å². The van der Waals surface area contributed by atoms with Crippen LogP contribution in [-0.4, -0.2) is 6.29 Å². The summed E-state index contributed by atoms with van der Waals surface area (Å²) in [6, 6.07) is 0. The van der Waals surface area contributed by atoms with E-state index in [0.717, 1.165) is 0 Å². The Balaban J connectivity index is 0. The molecule has 6 heavy (non-hydrogen) atoms. The van der Waals surface area contributed by atoms with Gasteiger partial charge >= 0.3 is 37.6 Å². The van der Waals surface area contributed by atoms with Gasteiger partial charge in [0.15, 0.2) is 6.29 Å². The molecule has 0 fully saturated rings. The van der Waals surface area contributed by atoms with Crippen molar-refractivity contribution < 1.29 is 39.0 Å². The molecule has 3 nitrogen and oxygen atoms in total. The van der Waals surface area contributed by atoms with Crippen molar-refractivity contribution in [2.45, 2.75) is 0 Å². The molecule has 1 unspecified atom stereocenters. The van der Waals surface area contributed by atoms with E-state index in [9.17, 15) is 9.46 Å². The Morgan fingerprint density at radius 1 is 1.83 bits per heavy atom. The molecule has 0 saturated carbocycles. The average molecular weight is 116 g/mol. The summed E-state index contributed by atoms with van der Waals surface area (Å²) < 4.78 is 9.28. The maximum Gasteiger partial charge on any atom is 1.00 e. The molecule has 0 saturated heterocycles. The molecule has 0 heterocycles. The number of hydrogen-bond donors (Lipinski definition) is 1. The molecular weight excluding hydrogens is 112 g/mol. The van der Waals surface area contributed by atoms with E-state index in [1.807, 2.05) is 0 Å². The van der Waals surface area contributed by atoms with Crippen molar-refractivity contribution in [3.05, 3.63) is 0 Å². The normalized spacial score (nSPS) is 9.33. The summed E-state index contributed by atoms with van der Waals surface area (Å²) in [5.41, 5.74) is 4.58. The van der Waals surface area contributed by atoms with Gasteiger partial charge in [-0.15, -0.1) is 0 Å². The smallest absolute Gasteiger partial charge is 0.594 e. The summed E-state index contributed by atoms with van der Waals surface area (Å²) in [4.78, 5) is 9.28. The van der Waals surface area contributed by atoms with Crippen LogP contribution >= 0.6 is 8.03 Å². The standard InChI is InChI=1S/CH4NO2P.Na/c2-1-5(3)4;/h1-2H2;/q;+1. The van der Waals surface area contributed by atoms with E-state index in [0.29, 0.717) is 0 Å². The molecule has 30 valence electrons. The predicted molar refractivity (Wildman–Crippen MR) is 16.7 cm³/mol. The van der Waals surface area contributed by atoms with Crippen LogP contribution in [0.2, 0.25) is 0 Å². The molecule has 0 amide bonds. The first-order valence-corrected chi connectivity index (χ1v) is 2.45. The maximum atomic E-state index is 9.28. The quantitative estimate of drug-likeness (QED) is 0.280. The van der Waals surface area contributed by atoms with Crippen molar-refractivity contribution in [3.8, 4) is 0 Å². The van der Waals surface area contributed by atoms with Gasteiger partial charge in [-0.1, -0.05) is 4.57 Å². The van der Waals surface area contributed by atoms with Gasteiger partial charge in [-0.05, 0) is 0 Å². The molecular formula is CH4NNaO2P+. The number of rotatable bonds is 1. The largest absolute Gasteiger partial charge is 1.00 e. The van der Waals surface area contributed by atoms with E-state index >= 15 is 0 Å². The molecule has 1 atom stereocenters. The van der Waals surface area contributed by atoms with E-state index < -0.39 is 8.03 Å². The molecule has 0 bridgehead atoms. The zero-order chi connectivity index (χ0) is 4.28. The van der Waals surface area contributed by atoms with Crippen LogP contribution in [0.15, 0.2) is 0 Å². The Morgan fingerprint density at radius 2 is 2.00 bits per heavy atom. The van der Waals surface area contributed by atoms with Crippen LogP contribution in [0.25, 0.3) is 0 Å². The third-order valence-corrected chi connectivity index (χ3v) is 0.447. The fourth-order valence-electron chi connectivity index (χ4n) is 0. The van der Waals surface area contributed by atoms with Crippen molar-refractivity contribution in [2.24, 2.45) is 5.73 Å². The summed E-state index contributed by atoms with van der Waals surface area (Å²) in [5.74, 6) is 0. The molecule has 0 aliphatic carbocycles. The SMILES string of the molecule is NC[P+](=O)[O-].[Na+]. The first-order valence-electron chi connectivity index (χ1n) is 1.09. The Labute approximate surface area is 59.1 Å². The summed E-state index contributed by atoms with van der Waals surface area (Å²) >= 11 is 0. The number of hydrogen-bond acceptors (Lipinski definition) is 3. The third kappa shape index (κ3) is 8.89. The second kappa shape index (κ2) is 6.02. The second-order valence-electron chi connectivity index (χ2n) is 0.515. The molecule has 0 rings (SSSR count). The van der Waals surface area contributed by atoms with Crippen LogP contribution in [0.1, 0.15) is 0 Å². The number of nitrogens with two attached hydrogens (primary N) is 1. The van der Waals surface area contributed by atoms with Crippen LogP contribution < -0.4 is 40.2 Å². The van der Waals surface area contributed by atoms with Gasteiger partial charge in [-0.3, -0.25) is 5.73 Å². The molecule has 0 spiro atoms. The first-order chi connectivity index (χ1) is 2.27. The molecule has 0 aromatic rings. The third-order valence-electron chi connectivity index (χ3n) is 0.149. The zero-order valence-electron chi connectivity index (χ0n) is 3.55. The van der Waals surface area contributed by atoms with E-state index in [-0.39, 0.29) is 35.8 Å². The van der Waals surface area contributed by atoms with Gasteiger partial charge in [0, 0.05) is 0 Å². The van der Waals surface area contributed by atoms with Gasteiger partial charge in [0.2, 0.25) is 0 Å². The van der Waals surface area contributed by atoms with Crippen molar-refractivity contribution >= 4 is 8.03 Å². The fourth-order valence-corrected chi connectivity index (χ4v) is 0. The van der Waals surface area contributed by atoms with Crippen molar-refractivity contribution in [1.82, 2.24) is 0 Å². The van der Waals surface area contributed by atoms with E-state index in [1.54, 1.807) is 0 Å². The minimum absolute atomic E-state index is 0. The van der Waals surface area contributed by atoms with Gasteiger partial charge in [0.25, 0.3) is 0 Å².